The molecule has 3 saturated carbocycles. The first-order chi connectivity index (χ1) is 30.1. The standard InChI is InChI=1S/C47H74O17/c1-12-23(2)41(51)62-33-22-32-43(7)15-14-29(19-28(43)13-16-46(32,53)47(54)18-17-45(52,27(6)48)44(33,47)8)61-34-20-30(55-9)38(25(4)58-34)63-35-21-31(56-10)39(26(5)59-35)64-42-37(50)40(57-11)36(49)24(3)60-42/h12-13,24-26,29-40,42,49-50,52-54H,14-22H2,1-11H3/b23-12+/t24-,25-,26-,29+,30+,31+,32-,33-,34+,35+,36-,37-,38-,39-,40+,42+,43+,44-,45-,46+,47+/m1/s1. The molecule has 0 radical (unpaired) electrons. The second kappa shape index (κ2) is 18.5. The molecule has 7 aliphatic rings. The molecule has 6 fully saturated rings. The topological polar surface area (TPSA) is 228 Å². The number of hydrogen-bond donors (Lipinski definition) is 5. The van der Waals surface area contributed by atoms with Gasteiger partial charge in [0.05, 0.1) is 42.0 Å². The highest BCUT2D eigenvalue weighted by molar-refractivity contribution is 5.89. The summed E-state index contributed by atoms with van der Waals surface area (Å²) in [5.41, 5.74) is -6.53. The Kier molecular flexibility index (Phi) is 14.5. The Morgan fingerprint density at radius 2 is 1.38 bits per heavy atom. The minimum Gasteiger partial charge on any atom is -0.458 e. The average Bonchev–Trinajstić information content (AvgIpc) is 3.49. The van der Waals surface area contributed by atoms with Crippen LogP contribution in [0.25, 0.3) is 0 Å². The number of fused-ring (bicyclic) bond motifs is 5. The van der Waals surface area contributed by atoms with E-state index in [9.17, 15) is 35.1 Å². The van der Waals surface area contributed by atoms with Gasteiger partial charge in [-0.25, -0.2) is 4.79 Å². The molecule has 17 nitrogen and oxygen atoms in total. The smallest absolute Gasteiger partial charge is 0.333 e. The molecular formula is C47H74O17. The number of hydrogen-bond acceptors (Lipinski definition) is 17. The second-order valence-corrected chi connectivity index (χ2v) is 20.1. The molecule has 0 aromatic rings. The first-order valence-corrected chi connectivity index (χ1v) is 23.2. The third kappa shape index (κ3) is 7.98. The monoisotopic (exact) mass is 910 g/mol. The SMILES string of the molecule is C/C=C(\C)C(=O)O[C@@H]1C[C@@H]2[C@@]3(C)CC[C@H](O[C@H]4C[C@H](OC)[C@H](O[C@H]5C[C@H](OC)[C@H](O[C@@H]6O[C@H](C)[C@@H](O)[C@H](OC)[C@H]6O)[C@@H](C)O5)[C@@H](C)O4)CC3=CC[C@@]2(O)[C@]2(O)CC[C@@](O)(C(C)=O)[C@@]12C. The lowest BCUT2D eigenvalue weighted by molar-refractivity contribution is -0.352. The van der Waals surface area contributed by atoms with Gasteiger partial charge in [-0.3, -0.25) is 4.79 Å². The molecular weight excluding hydrogens is 836 g/mol. The van der Waals surface area contributed by atoms with Gasteiger partial charge in [0.1, 0.15) is 53.4 Å². The van der Waals surface area contributed by atoms with Crippen molar-refractivity contribution in [3.8, 4) is 0 Å². The molecule has 17 heteroatoms. The second-order valence-electron chi connectivity index (χ2n) is 20.1. The van der Waals surface area contributed by atoms with Crippen LogP contribution in [0.15, 0.2) is 23.3 Å². The van der Waals surface area contributed by atoms with Crippen LogP contribution in [0.5, 0.6) is 0 Å². The van der Waals surface area contributed by atoms with Crippen molar-refractivity contribution in [2.45, 2.75) is 222 Å². The Bertz CT molecular complexity index is 1770. The molecule has 0 amide bonds. The maximum atomic E-state index is 13.3. The highest BCUT2D eigenvalue weighted by Crippen LogP contribution is 2.71. The molecule has 4 aliphatic carbocycles. The van der Waals surface area contributed by atoms with Gasteiger partial charge in [0.15, 0.2) is 24.7 Å². The number of ether oxygens (including phenoxy) is 10. The molecule has 0 unspecified atom stereocenters. The lowest BCUT2D eigenvalue weighted by Gasteiger charge is -2.67. The number of methoxy groups -OCH3 is 3. The molecule has 3 saturated heterocycles. The van der Waals surface area contributed by atoms with Crippen molar-refractivity contribution in [2.24, 2.45) is 16.7 Å². The fourth-order valence-electron chi connectivity index (χ4n) is 12.8. The number of carbonyl (C=O) groups excluding carboxylic acids is 2. The van der Waals surface area contributed by atoms with Crippen LogP contribution in [0.4, 0.5) is 0 Å². The molecule has 3 aliphatic heterocycles. The van der Waals surface area contributed by atoms with E-state index in [-0.39, 0.29) is 31.8 Å². The highest BCUT2D eigenvalue weighted by atomic mass is 16.8. The van der Waals surface area contributed by atoms with E-state index in [1.807, 2.05) is 19.9 Å². The molecule has 5 N–H and O–H groups in total. The molecule has 0 aromatic carbocycles. The predicted octanol–water partition coefficient (Wildman–Crippen LogP) is 2.92. The number of rotatable bonds is 12. The number of ketones is 1. The first-order valence-electron chi connectivity index (χ1n) is 23.2. The van der Waals surface area contributed by atoms with Crippen LogP contribution in [-0.2, 0) is 57.0 Å². The summed E-state index contributed by atoms with van der Waals surface area (Å²) in [5, 5.41) is 59.0. The van der Waals surface area contributed by atoms with Crippen molar-refractivity contribution >= 4 is 11.8 Å². The Labute approximate surface area is 377 Å². The summed E-state index contributed by atoms with van der Waals surface area (Å²) >= 11 is 0. The van der Waals surface area contributed by atoms with Gasteiger partial charge in [0.2, 0.25) is 0 Å². The van der Waals surface area contributed by atoms with E-state index in [2.05, 4.69) is 6.92 Å². The Morgan fingerprint density at radius 1 is 0.766 bits per heavy atom. The maximum Gasteiger partial charge on any atom is 0.333 e. The molecule has 3 heterocycles. The van der Waals surface area contributed by atoms with Crippen molar-refractivity contribution in [3.63, 3.8) is 0 Å². The summed E-state index contributed by atoms with van der Waals surface area (Å²) in [5.74, 6) is -1.69. The van der Waals surface area contributed by atoms with Gasteiger partial charge in [-0.15, -0.1) is 0 Å². The molecule has 0 spiro atoms. The largest absolute Gasteiger partial charge is 0.458 e. The minimum atomic E-state index is -2.02. The quantitative estimate of drug-likeness (QED) is 0.108. The van der Waals surface area contributed by atoms with Gasteiger partial charge < -0.3 is 72.9 Å². The third-order valence-electron chi connectivity index (χ3n) is 17.0. The zero-order valence-corrected chi connectivity index (χ0v) is 39.4. The Balaban J connectivity index is 1.01. The summed E-state index contributed by atoms with van der Waals surface area (Å²) in [6, 6.07) is 0. The summed E-state index contributed by atoms with van der Waals surface area (Å²) < 4.78 is 61.4. The zero-order chi connectivity index (χ0) is 46.9. The van der Waals surface area contributed by atoms with Gasteiger partial charge in [0.25, 0.3) is 0 Å². The molecule has 7 rings (SSSR count). The predicted molar refractivity (Wildman–Crippen MR) is 226 cm³/mol. The maximum absolute atomic E-state index is 13.3. The van der Waals surface area contributed by atoms with Gasteiger partial charge >= 0.3 is 5.97 Å². The van der Waals surface area contributed by atoms with Gasteiger partial charge in [-0.2, -0.15) is 0 Å². The van der Waals surface area contributed by atoms with E-state index < -0.39 is 131 Å². The molecule has 0 bridgehead atoms. The van der Waals surface area contributed by atoms with E-state index in [1.54, 1.807) is 48.0 Å². The van der Waals surface area contributed by atoms with Crippen LogP contribution in [-0.4, -0.2) is 168 Å². The summed E-state index contributed by atoms with van der Waals surface area (Å²) in [7, 11) is 4.61. The van der Waals surface area contributed by atoms with Gasteiger partial charge in [0, 0.05) is 45.7 Å². The lowest BCUT2D eigenvalue weighted by Crippen LogP contribution is -2.78. The highest BCUT2D eigenvalue weighted by Gasteiger charge is 2.81. The molecule has 21 atom stereocenters. The molecule has 0 aromatic heterocycles. The Morgan fingerprint density at radius 3 is 1.95 bits per heavy atom. The number of aliphatic hydroxyl groups excluding tert-OH is 2. The summed E-state index contributed by atoms with van der Waals surface area (Å²) in [6.07, 6.45) is -4.29. The lowest BCUT2D eigenvalue weighted by atomic mass is 9.42. The van der Waals surface area contributed by atoms with Crippen molar-refractivity contribution in [1.82, 2.24) is 0 Å². The minimum absolute atomic E-state index is 0.0348. The first kappa shape index (κ1) is 50.0. The summed E-state index contributed by atoms with van der Waals surface area (Å²) in [6.45, 7) is 13.7. The van der Waals surface area contributed by atoms with Crippen LogP contribution in [0, 0.1) is 16.7 Å². The van der Waals surface area contributed by atoms with Crippen LogP contribution in [0.2, 0.25) is 0 Å². The van der Waals surface area contributed by atoms with Crippen molar-refractivity contribution in [2.75, 3.05) is 21.3 Å². The van der Waals surface area contributed by atoms with Gasteiger partial charge in [-0.05, 0) is 98.8 Å². The zero-order valence-electron chi connectivity index (χ0n) is 39.4. The number of carbonyl (C=O) groups is 2. The number of aliphatic hydroxyl groups is 5. The van der Waals surface area contributed by atoms with Crippen molar-refractivity contribution in [1.29, 1.82) is 0 Å². The third-order valence-corrected chi connectivity index (χ3v) is 17.0. The van der Waals surface area contributed by atoms with E-state index in [0.717, 1.165) is 5.57 Å². The van der Waals surface area contributed by atoms with E-state index in [1.165, 1.54) is 14.0 Å². The Hall–Kier alpha value is -1.94. The van der Waals surface area contributed by atoms with Crippen LogP contribution < -0.4 is 0 Å². The van der Waals surface area contributed by atoms with Crippen molar-refractivity contribution in [3.05, 3.63) is 23.3 Å². The number of Topliss-reactive ketones (excluding diaryl/α,β-unsaturated/α-hetero) is 1. The number of esters is 1. The number of allylic oxidation sites excluding steroid dienone is 1. The van der Waals surface area contributed by atoms with Crippen LogP contribution in [0.3, 0.4) is 0 Å². The fourth-order valence-corrected chi connectivity index (χ4v) is 12.8. The average molecular weight is 911 g/mol. The molecule has 64 heavy (non-hydrogen) atoms. The fraction of sp³-hybridized carbons (Fsp3) is 0.872. The van der Waals surface area contributed by atoms with E-state index in [4.69, 9.17) is 47.4 Å². The molecule has 364 valence electrons. The normalized spacial score (nSPS) is 50.8. The van der Waals surface area contributed by atoms with Crippen LogP contribution >= 0.6 is 0 Å². The van der Waals surface area contributed by atoms with E-state index in [0.29, 0.717) is 37.7 Å². The summed E-state index contributed by atoms with van der Waals surface area (Å²) in [4.78, 5) is 26.5. The van der Waals surface area contributed by atoms with Crippen LogP contribution in [0.1, 0.15) is 113 Å². The van der Waals surface area contributed by atoms with Crippen molar-refractivity contribution < 1.29 is 82.5 Å². The van der Waals surface area contributed by atoms with E-state index >= 15 is 0 Å². The van der Waals surface area contributed by atoms with Gasteiger partial charge in [-0.1, -0.05) is 24.6 Å².